The van der Waals surface area contributed by atoms with Gasteiger partial charge in [-0.2, -0.15) is 0 Å². The summed E-state index contributed by atoms with van der Waals surface area (Å²) in [6, 6.07) is 6.90. The molecule has 0 aromatic heterocycles. The predicted octanol–water partition coefficient (Wildman–Crippen LogP) is 3.29. The van der Waals surface area contributed by atoms with E-state index >= 15 is 0 Å². The van der Waals surface area contributed by atoms with Gasteiger partial charge in [-0.1, -0.05) is 12.1 Å². The Morgan fingerprint density at radius 1 is 1.21 bits per heavy atom. The summed E-state index contributed by atoms with van der Waals surface area (Å²) in [7, 11) is 0. The maximum atomic E-state index is 13.7. The molecule has 0 atom stereocenters. The molecule has 24 heavy (non-hydrogen) atoms. The van der Waals surface area contributed by atoms with Gasteiger partial charge in [-0.25, -0.2) is 4.39 Å². The van der Waals surface area contributed by atoms with Gasteiger partial charge in [0.05, 0.1) is 6.54 Å². The van der Waals surface area contributed by atoms with Crippen molar-refractivity contribution in [1.29, 1.82) is 0 Å². The Bertz CT molecular complexity index is 555. The van der Waals surface area contributed by atoms with Crippen LogP contribution in [0.5, 0.6) is 0 Å². The fraction of sp³-hybridized carbons (Fsp3) is 0.611. The number of guanidine groups is 1. The predicted molar refractivity (Wildman–Crippen MR) is 105 cm³/mol. The van der Waals surface area contributed by atoms with Gasteiger partial charge in [-0.3, -0.25) is 4.99 Å². The number of ether oxygens (including phenoxy) is 1. The molecule has 0 spiro atoms. The SMILES string of the molecule is I.NC(=NCC1(c2cccc(F)c2)CCOCC1)N1CCCCC1. The Morgan fingerprint density at radius 2 is 1.92 bits per heavy atom. The molecule has 0 amide bonds. The van der Waals surface area contributed by atoms with Crippen molar-refractivity contribution < 1.29 is 9.13 Å². The van der Waals surface area contributed by atoms with Crippen LogP contribution in [-0.2, 0) is 10.2 Å². The van der Waals surface area contributed by atoms with Crippen molar-refractivity contribution >= 4 is 29.9 Å². The van der Waals surface area contributed by atoms with Crippen molar-refractivity contribution in [2.24, 2.45) is 10.7 Å². The number of aliphatic imine (C=N–C) groups is 1. The minimum absolute atomic E-state index is 0. The zero-order valence-electron chi connectivity index (χ0n) is 14.0. The summed E-state index contributed by atoms with van der Waals surface area (Å²) in [5, 5.41) is 0. The number of rotatable bonds is 3. The third-order valence-electron chi connectivity index (χ3n) is 5.11. The van der Waals surface area contributed by atoms with Gasteiger partial charge < -0.3 is 15.4 Å². The van der Waals surface area contributed by atoms with E-state index in [0.717, 1.165) is 31.5 Å². The van der Waals surface area contributed by atoms with Gasteiger partial charge in [0.1, 0.15) is 5.82 Å². The molecule has 1 aromatic rings. The second-order valence-electron chi connectivity index (χ2n) is 6.63. The van der Waals surface area contributed by atoms with E-state index in [2.05, 4.69) is 4.90 Å². The number of halogens is 2. The zero-order valence-corrected chi connectivity index (χ0v) is 16.4. The van der Waals surface area contributed by atoms with E-state index in [-0.39, 0.29) is 35.2 Å². The van der Waals surface area contributed by atoms with Crippen molar-refractivity contribution in [2.45, 2.75) is 37.5 Å². The van der Waals surface area contributed by atoms with E-state index in [9.17, 15) is 4.39 Å². The fourth-order valence-corrected chi connectivity index (χ4v) is 3.57. The second kappa shape index (κ2) is 8.99. The van der Waals surface area contributed by atoms with Gasteiger partial charge >= 0.3 is 0 Å². The van der Waals surface area contributed by atoms with Crippen molar-refractivity contribution in [2.75, 3.05) is 32.8 Å². The Labute approximate surface area is 160 Å². The normalized spacial score (nSPS) is 21.2. The smallest absolute Gasteiger partial charge is 0.191 e. The van der Waals surface area contributed by atoms with Gasteiger partial charge in [-0.05, 0) is 49.8 Å². The molecule has 1 aromatic carbocycles. The Kier molecular flexibility index (Phi) is 7.28. The molecule has 0 radical (unpaired) electrons. The first-order chi connectivity index (χ1) is 11.2. The lowest BCUT2D eigenvalue weighted by atomic mass is 9.74. The lowest BCUT2D eigenvalue weighted by Gasteiger charge is -2.37. The van der Waals surface area contributed by atoms with Crippen molar-refractivity contribution in [3.63, 3.8) is 0 Å². The summed E-state index contributed by atoms with van der Waals surface area (Å²) in [5.41, 5.74) is 7.05. The van der Waals surface area contributed by atoms with Crippen LogP contribution in [0.25, 0.3) is 0 Å². The van der Waals surface area contributed by atoms with Gasteiger partial charge in [0.2, 0.25) is 0 Å². The van der Waals surface area contributed by atoms with Gasteiger partial charge in [0, 0.05) is 31.7 Å². The molecule has 2 fully saturated rings. The van der Waals surface area contributed by atoms with Crippen LogP contribution in [0, 0.1) is 5.82 Å². The first-order valence-corrected chi connectivity index (χ1v) is 8.58. The number of nitrogens with zero attached hydrogens (tertiary/aromatic N) is 2. The molecule has 4 nitrogen and oxygen atoms in total. The second-order valence-corrected chi connectivity index (χ2v) is 6.63. The molecule has 3 rings (SSSR count). The van der Waals surface area contributed by atoms with E-state index in [1.165, 1.54) is 25.3 Å². The number of benzene rings is 1. The lowest BCUT2D eigenvalue weighted by Crippen LogP contribution is -2.43. The summed E-state index contributed by atoms with van der Waals surface area (Å²) in [5.74, 6) is 0.438. The molecule has 2 aliphatic rings. The van der Waals surface area contributed by atoms with Crippen LogP contribution in [0.4, 0.5) is 4.39 Å². The van der Waals surface area contributed by atoms with E-state index < -0.39 is 0 Å². The standard InChI is InChI=1S/C18H26FN3O.HI/c19-16-6-4-5-15(13-16)18(7-11-23-12-8-18)14-21-17(20)22-9-2-1-3-10-22;/h4-6,13H,1-3,7-12,14H2,(H2,20,21);1H. The van der Waals surface area contributed by atoms with E-state index in [1.54, 1.807) is 12.1 Å². The molecule has 2 saturated heterocycles. The molecule has 0 bridgehead atoms. The number of nitrogens with two attached hydrogens (primary N) is 1. The molecule has 6 heteroatoms. The lowest BCUT2D eigenvalue weighted by molar-refractivity contribution is 0.0529. The van der Waals surface area contributed by atoms with Gasteiger partial charge in [-0.15, -0.1) is 24.0 Å². The topological polar surface area (TPSA) is 50.9 Å². The largest absolute Gasteiger partial charge is 0.381 e. The monoisotopic (exact) mass is 447 g/mol. The van der Waals surface area contributed by atoms with Crippen LogP contribution < -0.4 is 5.73 Å². The summed E-state index contributed by atoms with van der Waals surface area (Å²) in [6.45, 7) is 3.96. The third-order valence-corrected chi connectivity index (χ3v) is 5.11. The molecule has 0 saturated carbocycles. The Morgan fingerprint density at radius 3 is 2.58 bits per heavy atom. The number of hydrogen-bond donors (Lipinski definition) is 1. The molecular weight excluding hydrogens is 420 g/mol. The molecule has 2 aliphatic heterocycles. The van der Waals surface area contributed by atoms with Gasteiger partial charge in [0.25, 0.3) is 0 Å². The van der Waals surface area contributed by atoms with E-state index in [1.807, 2.05) is 6.07 Å². The van der Waals surface area contributed by atoms with Crippen LogP contribution in [-0.4, -0.2) is 43.7 Å². The first kappa shape index (κ1) is 19.4. The highest BCUT2D eigenvalue weighted by molar-refractivity contribution is 14.0. The highest BCUT2D eigenvalue weighted by atomic mass is 127. The Hall–Kier alpha value is -0.890. The number of likely N-dealkylation sites (tertiary alicyclic amines) is 1. The quantitative estimate of drug-likeness (QED) is 0.440. The van der Waals surface area contributed by atoms with Crippen molar-refractivity contribution in [3.8, 4) is 0 Å². The molecule has 0 unspecified atom stereocenters. The number of hydrogen-bond acceptors (Lipinski definition) is 2. The average molecular weight is 447 g/mol. The maximum Gasteiger partial charge on any atom is 0.191 e. The average Bonchev–Trinajstić information content (AvgIpc) is 2.61. The minimum Gasteiger partial charge on any atom is -0.381 e. The zero-order chi connectivity index (χ0) is 16.1. The highest BCUT2D eigenvalue weighted by Crippen LogP contribution is 2.35. The highest BCUT2D eigenvalue weighted by Gasteiger charge is 2.35. The maximum absolute atomic E-state index is 13.7. The summed E-state index contributed by atoms with van der Waals surface area (Å²) < 4.78 is 19.2. The minimum atomic E-state index is -0.193. The molecule has 134 valence electrons. The summed E-state index contributed by atoms with van der Waals surface area (Å²) in [4.78, 5) is 6.86. The molecule has 2 heterocycles. The number of piperidine rings is 1. The molecule has 2 N–H and O–H groups in total. The van der Waals surface area contributed by atoms with Crippen LogP contribution >= 0.6 is 24.0 Å². The van der Waals surface area contributed by atoms with E-state index in [0.29, 0.717) is 25.7 Å². The van der Waals surface area contributed by atoms with Crippen LogP contribution in [0.15, 0.2) is 29.3 Å². The first-order valence-electron chi connectivity index (χ1n) is 8.58. The Balaban J connectivity index is 0.00000208. The van der Waals surface area contributed by atoms with Crippen LogP contribution in [0.1, 0.15) is 37.7 Å². The third kappa shape index (κ3) is 4.59. The van der Waals surface area contributed by atoms with E-state index in [4.69, 9.17) is 15.5 Å². The summed E-state index contributed by atoms with van der Waals surface area (Å²) >= 11 is 0. The van der Waals surface area contributed by atoms with Gasteiger partial charge in [0.15, 0.2) is 5.96 Å². The van der Waals surface area contributed by atoms with Crippen LogP contribution in [0.3, 0.4) is 0 Å². The fourth-order valence-electron chi connectivity index (χ4n) is 3.57. The van der Waals surface area contributed by atoms with Crippen molar-refractivity contribution in [3.05, 3.63) is 35.6 Å². The summed E-state index contributed by atoms with van der Waals surface area (Å²) in [6.07, 6.45) is 5.34. The molecular formula is C18H27FIN3O. The van der Waals surface area contributed by atoms with Crippen molar-refractivity contribution in [1.82, 2.24) is 4.90 Å². The molecule has 0 aliphatic carbocycles. The van der Waals surface area contributed by atoms with Crippen LogP contribution in [0.2, 0.25) is 0 Å².